The molecule has 1 saturated heterocycles. The van der Waals surface area contributed by atoms with E-state index in [1.807, 2.05) is 0 Å². The standard InChI is InChI=1S/C15H28N2OS/c1-11(2)12(3)19-10-15(18)16-13-6-8-17(9-7-13)14-4-5-14/h11-14H,4-10H2,1-3H3,(H,16,18). The first kappa shape index (κ1) is 15.2. The van der Waals surface area contributed by atoms with Crippen molar-refractivity contribution in [3.63, 3.8) is 0 Å². The molecule has 0 aromatic rings. The number of amides is 1. The molecule has 1 heterocycles. The Hall–Kier alpha value is -0.220. The fraction of sp³-hybridized carbons (Fsp3) is 0.933. The van der Waals surface area contributed by atoms with E-state index >= 15 is 0 Å². The molecule has 19 heavy (non-hydrogen) atoms. The topological polar surface area (TPSA) is 32.3 Å². The summed E-state index contributed by atoms with van der Waals surface area (Å²) in [6, 6.07) is 1.29. The number of thioether (sulfide) groups is 1. The summed E-state index contributed by atoms with van der Waals surface area (Å²) < 4.78 is 0. The highest BCUT2D eigenvalue weighted by atomic mass is 32.2. The summed E-state index contributed by atoms with van der Waals surface area (Å²) in [5.41, 5.74) is 0. The predicted molar refractivity (Wildman–Crippen MR) is 82.5 cm³/mol. The SMILES string of the molecule is CC(C)C(C)SCC(=O)NC1CCN(C2CC2)CC1. The molecule has 1 N–H and O–H groups in total. The van der Waals surface area contributed by atoms with Gasteiger partial charge in [0, 0.05) is 30.4 Å². The van der Waals surface area contributed by atoms with Gasteiger partial charge in [-0.2, -0.15) is 0 Å². The largest absolute Gasteiger partial charge is 0.353 e. The molecule has 4 heteroatoms. The molecule has 0 radical (unpaired) electrons. The summed E-state index contributed by atoms with van der Waals surface area (Å²) in [5.74, 6) is 1.48. The molecule has 1 atom stereocenters. The number of carbonyl (C=O) groups excluding carboxylic acids is 1. The molecule has 0 aromatic carbocycles. The first-order valence-electron chi connectivity index (χ1n) is 7.71. The van der Waals surface area contributed by atoms with Gasteiger partial charge >= 0.3 is 0 Å². The Labute approximate surface area is 121 Å². The first-order chi connectivity index (χ1) is 9.06. The lowest BCUT2D eigenvalue weighted by molar-refractivity contribution is -0.119. The number of hydrogen-bond acceptors (Lipinski definition) is 3. The van der Waals surface area contributed by atoms with Crippen LogP contribution in [0, 0.1) is 5.92 Å². The van der Waals surface area contributed by atoms with Gasteiger partial charge in [-0.25, -0.2) is 0 Å². The van der Waals surface area contributed by atoms with Gasteiger partial charge in [0.2, 0.25) is 5.91 Å². The number of nitrogens with zero attached hydrogens (tertiary/aromatic N) is 1. The summed E-state index contributed by atoms with van der Waals surface area (Å²) in [6.07, 6.45) is 5.04. The number of rotatable bonds is 6. The lowest BCUT2D eigenvalue weighted by Gasteiger charge is -2.32. The van der Waals surface area contributed by atoms with Crippen molar-refractivity contribution < 1.29 is 4.79 Å². The molecule has 2 aliphatic rings. The summed E-state index contributed by atoms with van der Waals surface area (Å²) in [5, 5.41) is 3.76. The van der Waals surface area contributed by atoms with Crippen LogP contribution in [-0.2, 0) is 4.79 Å². The number of likely N-dealkylation sites (tertiary alicyclic amines) is 1. The Balaban J connectivity index is 1.60. The fourth-order valence-corrected chi connectivity index (χ4v) is 3.40. The molecular weight excluding hydrogens is 256 g/mol. The molecule has 1 aliphatic heterocycles. The summed E-state index contributed by atoms with van der Waals surface area (Å²) in [4.78, 5) is 14.5. The average Bonchev–Trinajstić information content (AvgIpc) is 3.21. The van der Waals surface area contributed by atoms with E-state index in [2.05, 4.69) is 31.0 Å². The van der Waals surface area contributed by atoms with E-state index in [0.29, 0.717) is 23.0 Å². The normalized spacial score (nSPS) is 23.6. The van der Waals surface area contributed by atoms with Gasteiger partial charge in [0.05, 0.1) is 5.75 Å². The van der Waals surface area contributed by atoms with Crippen LogP contribution in [0.25, 0.3) is 0 Å². The summed E-state index contributed by atoms with van der Waals surface area (Å²) >= 11 is 1.77. The predicted octanol–water partition coefficient (Wildman–Crippen LogP) is 2.51. The minimum absolute atomic E-state index is 0.224. The van der Waals surface area contributed by atoms with Crippen LogP contribution in [0.5, 0.6) is 0 Å². The van der Waals surface area contributed by atoms with Gasteiger partial charge in [0.25, 0.3) is 0 Å². The van der Waals surface area contributed by atoms with E-state index in [1.54, 1.807) is 11.8 Å². The average molecular weight is 284 g/mol. The molecule has 2 fully saturated rings. The first-order valence-corrected chi connectivity index (χ1v) is 8.76. The van der Waals surface area contributed by atoms with Crippen LogP contribution in [0.4, 0.5) is 0 Å². The van der Waals surface area contributed by atoms with Gasteiger partial charge in [-0.15, -0.1) is 11.8 Å². The van der Waals surface area contributed by atoms with E-state index in [-0.39, 0.29) is 5.91 Å². The maximum atomic E-state index is 11.9. The van der Waals surface area contributed by atoms with Crippen molar-refractivity contribution >= 4 is 17.7 Å². The van der Waals surface area contributed by atoms with Crippen LogP contribution in [0.1, 0.15) is 46.5 Å². The minimum atomic E-state index is 0.224. The van der Waals surface area contributed by atoms with Crippen LogP contribution >= 0.6 is 11.8 Å². The Morgan fingerprint density at radius 3 is 2.37 bits per heavy atom. The number of nitrogens with one attached hydrogen (secondary N) is 1. The van der Waals surface area contributed by atoms with Crippen molar-refractivity contribution in [3.05, 3.63) is 0 Å². The van der Waals surface area contributed by atoms with Crippen LogP contribution in [0.2, 0.25) is 0 Å². The van der Waals surface area contributed by atoms with E-state index in [4.69, 9.17) is 0 Å². The highest BCUT2D eigenvalue weighted by molar-refractivity contribution is 8.00. The highest BCUT2D eigenvalue weighted by Gasteiger charge is 2.32. The molecule has 3 nitrogen and oxygen atoms in total. The number of carbonyl (C=O) groups is 1. The molecule has 0 bridgehead atoms. The van der Waals surface area contributed by atoms with Gasteiger partial charge in [0.15, 0.2) is 0 Å². The zero-order valence-electron chi connectivity index (χ0n) is 12.5. The quantitative estimate of drug-likeness (QED) is 0.813. The van der Waals surface area contributed by atoms with Gasteiger partial charge in [-0.05, 0) is 31.6 Å². The Morgan fingerprint density at radius 2 is 1.84 bits per heavy atom. The molecule has 0 spiro atoms. The molecule has 0 aromatic heterocycles. The minimum Gasteiger partial charge on any atom is -0.353 e. The van der Waals surface area contributed by atoms with Gasteiger partial charge in [-0.3, -0.25) is 4.79 Å². The van der Waals surface area contributed by atoms with Crippen LogP contribution in [-0.4, -0.2) is 47.0 Å². The Bertz CT molecular complexity index is 297. The van der Waals surface area contributed by atoms with Gasteiger partial charge in [0.1, 0.15) is 0 Å². The lowest BCUT2D eigenvalue weighted by atomic mass is 10.1. The molecule has 1 aliphatic carbocycles. The molecule has 2 rings (SSSR count). The zero-order valence-corrected chi connectivity index (χ0v) is 13.3. The summed E-state index contributed by atoms with van der Waals surface area (Å²) in [7, 11) is 0. The highest BCUT2D eigenvalue weighted by Crippen LogP contribution is 2.29. The lowest BCUT2D eigenvalue weighted by Crippen LogP contribution is -2.45. The third-order valence-corrected chi connectivity index (χ3v) is 5.87. The fourth-order valence-electron chi connectivity index (χ4n) is 2.52. The van der Waals surface area contributed by atoms with Crippen LogP contribution in [0.3, 0.4) is 0 Å². The molecule has 1 saturated carbocycles. The van der Waals surface area contributed by atoms with Crippen molar-refractivity contribution in [1.82, 2.24) is 10.2 Å². The van der Waals surface area contributed by atoms with Crippen molar-refractivity contribution in [2.24, 2.45) is 5.92 Å². The third kappa shape index (κ3) is 4.99. The molecule has 110 valence electrons. The van der Waals surface area contributed by atoms with Crippen LogP contribution in [0.15, 0.2) is 0 Å². The van der Waals surface area contributed by atoms with E-state index < -0.39 is 0 Å². The molecule has 1 amide bonds. The smallest absolute Gasteiger partial charge is 0.230 e. The van der Waals surface area contributed by atoms with E-state index in [9.17, 15) is 4.79 Å². The second kappa shape index (κ2) is 6.98. The van der Waals surface area contributed by atoms with Gasteiger partial charge < -0.3 is 10.2 Å². The Morgan fingerprint density at radius 1 is 1.21 bits per heavy atom. The van der Waals surface area contributed by atoms with E-state index in [0.717, 1.165) is 18.9 Å². The van der Waals surface area contributed by atoms with Crippen LogP contribution < -0.4 is 5.32 Å². The zero-order chi connectivity index (χ0) is 13.8. The van der Waals surface area contributed by atoms with Crippen molar-refractivity contribution in [2.75, 3.05) is 18.8 Å². The summed E-state index contributed by atoms with van der Waals surface area (Å²) in [6.45, 7) is 8.97. The second-order valence-electron chi connectivity index (χ2n) is 6.37. The molecule has 1 unspecified atom stereocenters. The molecular formula is C15H28N2OS. The second-order valence-corrected chi connectivity index (χ2v) is 7.73. The van der Waals surface area contributed by atoms with E-state index in [1.165, 1.54) is 25.9 Å². The third-order valence-electron chi connectivity index (χ3n) is 4.37. The maximum Gasteiger partial charge on any atom is 0.230 e. The number of hydrogen-bond donors (Lipinski definition) is 1. The number of piperidine rings is 1. The van der Waals surface area contributed by atoms with Crippen molar-refractivity contribution in [3.8, 4) is 0 Å². The maximum absolute atomic E-state index is 11.9. The van der Waals surface area contributed by atoms with Crippen molar-refractivity contribution in [2.45, 2.75) is 63.8 Å². The monoisotopic (exact) mass is 284 g/mol. The van der Waals surface area contributed by atoms with Gasteiger partial charge in [-0.1, -0.05) is 20.8 Å². The van der Waals surface area contributed by atoms with Crippen molar-refractivity contribution in [1.29, 1.82) is 0 Å². The Kier molecular flexibility index (Phi) is 5.58.